The molecule has 164 valence electrons. The SMILES string of the molecule is Cc1nn(-c2ccccc2)c2nc(C3CC3)nc(NCCNS(=O)(=O)c3ccccc3)c12. The van der Waals surface area contributed by atoms with Gasteiger partial charge in [0.05, 0.1) is 21.7 Å². The van der Waals surface area contributed by atoms with Crippen LogP contribution >= 0.6 is 0 Å². The van der Waals surface area contributed by atoms with Crippen LogP contribution in [0.3, 0.4) is 0 Å². The summed E-state index contributed by atoms with van der Waals surface area (Å²) in [6.07, 6.45) is 2.17. The molecule has 1 aliphatic rings. The molecule has 1 fully saturated rings. The summed E-state index contributed by atoms with van der Waals surface area (Å²) in [5.41, 5.74) is 2.52. The molecule has 0 radical (unpaired) electrons. The van der Waals surface area contributed by atoms with Gasteiger partial charge in [0.25, 0.3) is 0 Å². The zero-order valence-corrected chi connectivity index (χ0v) is 18.5. The maximum absolute atomic E-state index is 12.4. The van der Waals surface area contributed by atoms with Crippen LogP contribution in [0.5, 0.6) is 0 Å². The maximum atomic E-state index is 12.4. The molecular formula is C23H24N6O2S. The van der Waals surface area contributed by atoms with Crippen LogP contribution in [0.2, 0.25) is 0 Å². The van der Waals surface area contributed by atoms with Gasteiger partial charge in [-0.25, -0.2) is 27.8 Å². The molecule has 0 atom stereocenters. The zero-order chi connectivity index (χ0) is 22.1. The summed E-state index contributed by atoms with van der Waals surface area (Å²) in [6, 6.07) is 18.3. The lowest BCUT2D eigenvalue weighted by atomic mass is 10.2. The first-order valence-corrected chi connectivity index (χ1v) is 12.1. The van der Waals surface area contributed by atoms with E-state index in [1.54, 1.807) is 30.3 Å². The fourth-order valence-corrected chi connectivity index (χ4v) is 4.70. The van der Waals surface area contributed by atoms with Crippen LogP contribution in [-0.4, -0.2) is 41.3 Å². The van der Waals surface area contributed by atoms with Crippen molar-refractivity contribution in [2.75, 3.05) is 18.4 Å². The van der Waals surface area contributed by atoms with E-state index in [0.717, 1.165) is 41.1 Å². The Kier molecular flexibility index (Phi) is 5.36. The minimum Gasteiger partial charge on any atom is -0.368 e. The number of hydrogen-bond donors (Lipinski definition) is 2. The Morgan fingerprint density at radius 2 is 1.66 bits per heavy atom. The molecule has 0 bridgehead atoms. The van der Waals surface area contributed by atoms with E-state index in [0.29, 0.717) is 18.3 Å². The normalized spacial score (nSPS) is 14.0. The number of nitrogens with one attached hydrogen (secondary N) is 2. The lowest BCUT2D eigenvalue weighted by Crippen LogP contribution is -2.29. The molecule has 1 saturated carbocycles. The summed E-state index contributed by atoms with van der Waals surface area (Å²) < 4.78 is 29.4. The summed E-state index contributed by atoms with van der Waals surface area (Å²) in [5, 5.41) is 8.87. The molecular weight excluding hydrogens is 424 g/mol. The second kappa shape index (κ2) is 8.33. The molecule has 1 aliphatic carbocycles. The van der Waals surface area contributed by atoms with Crippen molar-refractivity contribution in [3.05, 3.63) is 72.2 Å². The van der Waals surface area contributed by atoms with Crippen LogP contribution in [0, 0.1) is 6.92 Å². The molecule has 2 aromatic heterocycles. The highest BCUT2D eigenvalue weighted by atomic mass is 32.2. The summed E-state index contributed by atoms with van der Waals surface area (Å²) >= 11 is 0. The van der Waals surface area contributed by atoms with Gasteiger partial charge in [-0.05, 0) is 44.0 Å². The first kappa shape index (κ1) is 20.6. The van der Waals surface area contributed by atoms with E-state index in [9.17, 15) is 8.42 Å². The first-order valence-electron chi connectivity index (χ1n) is 10.6. The van der Waals surface area contributed by atoms with E-state index >= 15 is 0 Å². The van der Waals surface area contributed by atoms with Crippen LogP contribution in [0.15, 0.2) is 65.6 Å². The molecule has 8 nitrogen and oxygen atoms in total. The Balaban J connectivity index is 1.41. The Bertz CT molecular complexity index is 1350. The van der Waals surface area contributed by atoms with Gasteiger partial charge in [-0.2, -0.15) is 5.10 Å². The smallest absolute Gasteiger partial charge is 0.240 e. The maximum Gasteiger partial charge on any atom is 0.240 e. The third kappa shape index (κ3) is 4.09. The van der Waals surface area contributed by atoms with E-state index < -0.39 is 10.0 Å². The standard InChI is InChI=1S/C23H24N6O2S/c1-16-20-22(24-14-15-25-32(30,31)19-10-6-3-7-11-19)26-21(17-12-13-17)27-23(20)29(28-16)18-8-4-2-5-9-18/h2-11,17,25H,12-15H2,1H3,(H,24,26,27). The molecule has 0 aliphatic heterocycles. The van der Waals surface area contributed by atoms with Crippen LogP contribution in [-0.2, 0) is 10.0 Å². The largest absolute Gasteiger partial charge is 0.368 e. The van der Waals surface area contributed by atoms with Gasteiger partial charge in [-0.1, -0.05) is 36.4 Å². The number of nitrogens with zero attached hydrogens (tertiary/aromatic N) is 4. The van der Waals surface area contributed by atoms with Crippen molar-refractivity contribution in [3.63, 3.8) is 0 Å². The average Bonchev–Trinajstić information content (AvgIpc) is 3.61. The number of benzene rings is 2. The molecule has 4 aromatic rings. The van der Waals surface area contributed by atoms with Crippen molar-refractivity contribution in [3.8, 4) is 5.69 Å². The number of sulfonamides is 1. The van der Waals surface area contributed by atoms with E-state index in [4.69, 9.17) is 15.1 Å². The minimum atomic E-state index is -3.55. The van der Waals surface area contributed by atoms with E-state index in [-0.39, 0.29) is 11.4 Å². The van der Waals surface area contributed by atoms with Gasteiger partial charge < -0.3 is 5.32 Å². The summed E-state index contributed by atoms with van der Waals surface area (Å²) in [6.45, 7) is 2.55. The quantitative estimate of drug-likeness (QED) is 0.401. The van der Waals surface area contributed by atoms with Crippen molar-refractivity contribution in [2.45, 2.75) is 30.6 Å². The number of aryl methyl sites for hydroxylation is 1. The Labute approximate surface area is 186 Å². The van der Waals surface area contributed by atoms with Crippen LogP contribution in [0.25, 0.3) is 16.7 Å². The van der Waals surface area contributed by atoms with Gasteiger partial charge in [0, 0.05) is 19.0 Å². The molecule has 0 spiro atoms. The highest BCUT2D eigenvalue weighted by molar-refractivity contribution is 7.89. The summed E-state index contributed by atoms with van der Waals surface area (Å²) in [5.74, 6) is 1.87. The molecule has 5 rings (SSSR count). The Morgan fingerprint density at radius 1 is 0.969 bits per heavy atom. The van der Waals surface area contributed by atoms with Gasteiger partial charge in [0.2, 0.25) is 10.0 Å². The fourth-order valence-electron chi connectivity index (χ4n) is 3.65. The fraction of sp³-hybridized carbons (Fsp3) is 0.261. The summed E-state index contributed by atoms with van der Waals surface area (Å²) in [7, 11) is -3.55. The highest BCUT2D eigenvalue weighted by Gasteiger charge is 2.29. The molecule has 2 aromatic carbocycles. The number of hydrogen-bond acceptors (Lipinski definition) is 6. The zero-order valence-electron chi connectivity index (χ0n) is 17.7. The second-order valence-electron chi connectivity index (χ2n) is 7.87. The monoisotopic (exact) mass is 448 g/mol. The predicted molar refractivity (Wildman–Crippen MR) is 123 cm³/mol. The predicted octanol–water partition coefficient (Wildman–Crippen LogP) is 3.39. The van der Waals surface area contributed by atoms with Gasteiger partial charge in [-0.3, -0.25) is 0 Å². The van der Waals surface area contributed by atoms with E-state index in [1.807, 2.05) is 41.9 Å². The number of fused-ring (bicyclic) bond motifs is 1. The van der Waals surface area contributed by atoms with Crippen LogP contribution in [0.4, 0.5) is 5.82 Å². The third-order valence-corrected chi connectivity index (χ3v) is 6.90. The third-order valence-electron chi connectivity index (χ3n) is 5.43. The molecule has 0 unspecified atom stereocenters. The van der Waals surface area contributed by atoms with Crippen LogP contribution in [0.1, 0.15) is 30.3 Å². The van der Waals surface area contributed by atoms with Crippen molar-refractivity contribution >= 4 is 26.9 Å². The lowest BCUT2D eigenvalue weighted by molar-refractivity contribution is 0.583. The van der Waals surface area contributed by atoms with Gasteiger partial charge in [0.1, 0.15) is 11.6 Å². The highest BCUT2D eigenvalue weighted by Crippen LogP contribution is 2.40. The molecule has 0 saturated heterocycles. The van der Waals surface area contributed by atoms with Crippen molar-refractivity contribution in [2.24, 2.45) is 0 Å². The van der Waals surface area contributed by atoms with Gasteiger partial charge in [0.15, 0.2) is 5.65 Å². The lowest BCUT2D eigenvalue weighted by Gasteiger charge is -2.11. The molecule has 0 amide bonds. The first-order chi connectivity index (χ1) is 15.5. The number of para-hydroxylation sites is 1. The molecule has 32 heavy (non-hydrogen) atoms. The average molecular weight is 449 g/mol. The molecule has 9 heteroatoms. The second-order valence-corrected chi connectivity index (χ2v) is 9.64. The van der Waals surface area contributed by atoms with Crippen LogP contribution < -0.4 is 10.0 Å². The van der Waals surface area contributed by atoms with E-state index in [1.165, 1.54) is 0 Å². The Morgan fingerprint density at radius 3 is 2.34 bits per heavy atom. The Hall–Kier alpha value is -3.30. The van der Waals surface area contributed by atoms with Crippen molar-refractivity contribution in [1.29, 1.82) is 0 Å². The topological polar surface area (TPSA) is 102 Å². The number of rotatable bonds is 8. The molecule has 2 heterocycles. The molecule has 2 N–H and O–H groups in total. The van der Waals surface area contributed by atoms with Gasteiger partial charge in [-0.15, -0.1) is 0 Å². The van der Waals surface area contributed by atoms with Crippen molar-refractivity contribution in [1.82, 2.24) is 24.5 Å². The minimum absolute atomic E-state index is 0.230. The van der Waals surface area contributed by atoms with E-state index in [2.05, 4.69) is 10.0 Å². The number of aromatic nitrogens is 4. The van der Waals surface area contributed by atoms with Gasteiger partial charge >= 0.3 is 0 Å². The number of anilines is 1. The summed E-state index contributed by atoms with van der Waals surface area (Å²) in [4.78, 5) is 9.86. The van der Waals surface area contributed by atoms with Crippen molar-refractivity contribution < 1.29 is 8.42 Å².